The zero-order valence-electron chi connectivity index (χ0n) is 12.5. The molecule has 4 heteroatoms. The Kier molecular flexibility index (Phi) is 5.16. The second kappa shape index (κ2) is 7.08. The summed E-state index contributed by atoms with van der Waals surface area (Å²) in [5, 5.41) is 1.06. The summed E-state index contributed by atoms with van der Waals surface area (Å²) < 4.78 is 0. The Labute approximate surface area is 121 Å². The predicted octanol–water partition coefficient (Wildman–Crippen LogP) is 3.62. The van der Waals surface area contributed by atoms with Gasteiger partial charge in [0.15, 0.2) is 0 Å². The highest BCUT2D eigenvalue weighted by molar-refractivity contribution is 5.91. The number of aromatic nitrogens is 2. The minimum Gasteiger partial charge on any atom is -0.399 e. The number of nitrogen functional groups attached to an aromatic ring is 1. The van der Waals surface area contributed by atoms with Crippen LogP contribution >= 0.6 is 0 Å². The van der Waals surface area contributed by atoms with Crippen molar-refractivity contribution in [3.63, 3.8) is 0 Å². The van der Waals surface area contributed by atoms with E-state index in [2.05, 4.69) is 28.7 Å². The number of rotatable bonds is 7. The SMILES string of the molecule is CCCCN(CCCC)c1ncnc2ccc(N)cc12. The minimum absolute atomic E-state index is 0.763. The first-order valence-corrected chi connectivity index (χ1v) is 7.51. The summed E-state index contributed by atoms with van der Waals surface area (Å²) in [7, 11) is 0. The van der Waals surface area contributed by atoms with Gasteiger partial charge in [-0.2, -0.15) is 0 Å². The van der Waals surface area contributed by atoms with Crippen LogP contribution in [0.2, 0.25) is 0 Å². The average molecular weight is 272 g/mol. The van der Waals surface area contributed by atoms with Crippen LogP contribution in [0.4, 0.5) is 11.5 Å². The molecule has 0 radical (unpaired) electrons. The molecule has 0 bridgehead atoms. The molecule has 20 heavy (non-hydrogen) atoms. The largest absolute Gasteiger partial charge is 0.399 e. The second-order valence-corrected chi connectivity index (χ2v) is 5.17. The van der Waals surface area contributed by atoms with Crippen LogP contribution in [-0.4, -0.2) is 23.1 Å². The van der Waals surface area contributed by atoms with Gasteiger partial charge in [-0.25, -0.2) is 9.97 Å². The van der Waals surface area contributed by atoms with Gasteiger partial charge in [-0.05, 0) is 31.0 Å². The molecule has 0 unspecified atom stereocenters. The molecular weight excluding hydrogens is 248 g/mol. The van der Waals surface area contributed by atoms with Crippen molar-refractivity contribution in [3.05, 3.63) is 24.5 Å². The molecule has 0 atom stereocenters. The fraction of sp³-hybridized carbons (Fsp3) is 0.500. The third kappa shape index (κ3) is 3.38. The van der Waals surface area contributed by atoms with Crippen molar-refractivity contribution in [2.45, 2.75) is 39.5 Å². The fourth-order valence-corrected chi connectivity index (χ4v) is 2.33. The van der Waals surface area contributed by atoms with Crippen molar-refractivity contribution < 1.29 is 0 Å². The molecule has 1 aromatic heterocycles. The van der Waals surface area contributed by atoms with Crippen LogP contribution in [0.15, 0.2) is 24.5 Å². The lowest BCUT2D eigenvalue weighted by Gasteiger charge is -2.24. The first-order chi connectivity index (χ1) is 9.76. The van der Waals surface area contributed by atoms with E-state index in [0.717, 1.165) is 35.5 Å². The summed E-state index contributed by atoms with van der Waals surface area (Å²) in [6, 6.07) is 5.84. The van der Waals surface area contributed by atoms with Gasteiger partial charge in [0, 0.05) is 24.2 Å². The summed E-state index contributed by atoms with van der Waals surface area (Å²) in [6.45, 7) is 6.51. The molecule has 1 aromatic carbocycles. The van der Waals surface area contributed by atoms with E-state index >= 15 is 0 Å². The monoisotopic (exact) mass is 272 g/mol. The molecule has 0 saturated carbocycles. The number of hydrogen-bond donors (Lipinski definition) is 1. The number of unbranched alkanes of at least 4 members (excludes halogenated alkanes) is 2. The van der Waals surface area contributed by atoms with Crippen molar-refractivity contribution in [1.82, 2.24) is 9.97 Å². The second-order valence-electron chi connectivity index (χ2n) is 5.17. The normalized spacial score (nSPS) is 10.9. The van der Waals surface area contributed by atoms with Crippen molar-refractivity contribution >= 4 is 22.4 Å². The van der Waals surface area contributed by atoms with Gasteiger partial charge in [0.1, 0.15) is 12.1 Å². The Hall–Kier alpha value is -1.84. The maximum Gasteiger partial charge on any atom is 0.139 e. The van der Waals surface area contributed by atoms with Crippen LogP contribution in [0.25, 0.3) is 10.9 Å². The summed E-state index contributed by atoms with van der Waals surface area (Å²) in [6.07, 6.45) is 6.38. The van der Waals surface area contributed by atoms with E-state index in [1.165, 1.54) is 25.7 Å². The van der Waals surface area contributed by atoms with Crippen LogP contribution in [0, 0.1) is 0 Å². The lowest BCUT2D eigenvalue weighted by molar-refractivity contribution is 0.673. The Balaban J connectivity index is 2.37. The Morgan fingerprint density at radius 2 is 1.75 bits per heavy atom. The molecule has 108 valence electrons. The molecule has 0 aliphatic carbocycles. The number of hydrogen-bond acceptors (Lipinski definition) is 4. The van der Waals surface area contributed by atoms with Crippen LogP contribution < -0.4 is 10.6 Å². The van der Waals surface area contributed by atoms with E-state index in [0.29, 0.717) is 0 Å². The van der Waals surface area contributed by atoms with Crippen molar-refractivity contribution in [2.24, 2.45) is 0 Å². The number of benzene rings is 1. The van der Waals surface area contributed by atoms with Crippen LogP contribution in [0.5, 0.6) is 0 Å². The average Bonchev–Trinajstić information content (AvgIpc) is 2.47. The van der Waals surface area contributed by atoms with Crippen molar-refractivity contribution in [3.8, 4) is 0 Å². The minimum atomic E-state index is 0.763. The molecular formula is C16H24N4. The lowest BCUT2D eigenvalue weighted by atomic mass is 10.2. The molecule has 2 N–H and O–H groups in total. The van der Waals surface area contributed by atoms with Gasteiger partial charge in [-0.1, -0.05) is 26.7 Å². The molecule has 0 spiro atoms. The highest BCUT2D eigenvalue weighted by atomic mass is 15.2. The van der Waals surface area contributed by atoms with Gasteiger partial charge in [0.05, 0.1) is 5.52 Å². The predicted molar refractivity (Wildman–Crippen MR) is 86.0 cm³/mol. The zero-order valence-corrected chi connectivity index (χ0v) is 12.5. The molecule has 0 fully saturated rings. The fourth-order valence-electron chi connectivity index (χ4n) is 2.33. The topological polar surface area (TPSA) is 55.0 Å². The van der Waals surface area contributed by atoms with E-state index in [9.17, 15) is 0 Å². The molecule has 2 aromatic rings. The molecule has 0 saturated heterocycles. The van der Waals surface area contributed by atoms with E-state index in [1.807, 2.05) is 18.2 Å². The number of nitrogens with zero attached hydrogens (tertiary/aromatic N) is 3. The summed E-state index contributed by atoms with van der Waals surface area (Å²) in [5.74, 6) is 1.02. The van der Waals surface area contributed by atoms with E-state index in [-0.39, 0.29) is 0 Å². The van der Waals surface area contributed by atoms with Gasteiger partial charge in [0.25, 0.3) is 0 Å². The number of anilines is 2. The van der Waals surface area contributed by atoms with E-state index in [4.69, 9.17) is 5.73 Å². The van der Waals surface area contributed by atoms with Gasteiger partial charge in [-0.3, -0.25) is 0 Å². The van der Waals surface area contributed by atoms with Gasteiger partial charge < -0.3 is 10.6 Å². The quantitative estimate of drug-likeness (QED) is 0.782. The molecule has 4 nitrogen and oxygen atoms in total. The number of nitrogens with two attached hydrogens (primary N) is 1. The molecule has 2 rings (SSSR count). The highest BCUT2D eigenvalue weighted by Gasteiger charge is 2.11. The maximum absolute atomic E-state index is 5.92. The Morgan fingerprint density at radius 1 is 1.05 bits per heavy atom. The molecule has 0 aliphatic heterocycles. The van der Waals surface area contributed by atoms with Gasteiger partial charge in [-0.15, -0.1) is 0 Å². The van der Waals surface area contributed by atoms with Gasteiger partial charge in [0.2, 0.25) is 0 Å². The smallest absolute Gasteiger partial charge is 0.139 e. The summed E-state index contributed by atoms with van der Waals surface area (Å²) in [5.41, 5.74) is 7.64. The first-order valence-electron chi connectivity index (χ1n) is 7.51. The maximum atomic E-state index is 5.92. The van der Waals surface area contributed by atoms with Crippen molar-refractivity contribution in [1.29, 1.82) is 0 Å². The van der Waals surface area contributed by atoms with Crippen LogP contribution in [-0.2, 0) is 0 Å². The van der Waals surface area contributed by atoms with Crippen LogP contribution in [0.3, 0.4) is 0 Å². The van der Waals surface area contributed by atoms with Crippen LogP contribution in [0.1, 0.15) is 39.5 Å². The van der Waals surface area contributed by atoms with Crippen molar-refractivity contribution in [2.75, 3.05) is 23.7 Å². The standard InChI is InChI=1S/C16H24N4/c1-3-5-9-20(10-6-4-2)16-14-11-13(17)7-8-15(14)18-12-19-16/h7-8,11-12H,3-6,9-10,17H2,1-2H3. The summed E-state index contributed by atoms with van der Waals surface area (Å²) >= 11 is 0. The van der Waals surface area contributed by atoms with Gasteiger partial charge >= 0.3 is 0 Å². The van der Waals surface area contributed by atoms with E-state index < -0.39 is 0 Å². The molecule has 0 amide bonds. The molecule has 0 aliphatic rings. The Morgan fingerprint density at radius 3 is 2.40 bits per heavy atom. The molecule has 1 heterocycles. The third-order valence-corrected chi connectivity index (χ3v) is 3.50. The first kappa shape index (κ1) is 14.6. The zero-order chi connectivity index (χ0) is 14.4. The summed E-state index contributed by atoms with van der Waals surface area (Å²) in [4.78, 5) is 11.2. The Bertz CT molecular complexity index is 545. The highest BCUT2D eigenvalue weighted by Crippen LogP contribution is 2.25. The third-order valence-electron chi connectivity index (χ3n) is 3.50. The number of fused-ring (bicyclic) bond motifs is 1. The lowest BCUT2D eigenvalue weighted by Crippen LogP contribution is -2.26. The van der Waals surface area contributed by atoms with E-state index in [1.54, 1.807) is 6.33 Å².